The monoisotopic (exact) mass is 300 g/mol. The second-order valence-corrected chi connectivity index (χ2v) is 5.93. The molecule has 0 bridgehead atoms. The highest BCUT2D eigenvalue weighted by Gasteiger charge is 2.05. The standard InChI is InChI=1S/C12H20N4O3S/c1-9(2)14-7-6-12(17)15-10-4-3-5-11(8-10)16-20(13,18)19/h3-5,8-9,14,16H,6-7H2,1-2H3,(H,15,17)(H2,13,18,19). The number of anilines is 2. The van der Waals surface area contributed by atoms with Crippen molar-refractivity contribution in [2.45, 2.75) is 26.3 Å². The van der Waals surface area contributed by atoms with Crippen molar-refractivity contribution in [1.29, 1.82) is 0 Å². The fourth-order valence-electron chi connectivity index (χ4n) is 1.52. The predicted molar refractivity (Wildman–Crippen MR) is 79.6 cm³/mol. The molecule has 5 N–H and O–H groups in total. The summed E-state index contributed by atoms with van der Waals surface area (Å²) in [6.45, 7) is 4.58. The third-order valence-corrected chi connectivity index (χ3v) is 2.83. The Labute approximate surface area is 119 Å². The molecule has 20 heavy (non-hydrogen) atoms. The SMILES string of the molecule is CC(C)NCCC(=O)Nc1cccc(NS(N)(=O)=O)c1. The fourth-order valence-corrected chi connectivity index (χ4v) is 1.98. The van der Waals surface area contributed by atoms with Gasteiger partial charge in [-0.2, -0.15) is 8.42 Å². The lowest BCUT2D eigenvalue weighted by Gasteiger charge is -2.10. The van der Waals surface area contributed by atoms with Crippen molar-refractivity contribution in [2.24, 2.45) is 5.14 Å². The fraction of sp³-hybridized carbons (Fsp3) is 0.417. The molecular formula is C12H20N4O3S. The number of nitrogens with two attached hydrogens (primary N) is 1. The van der Waals surface area contributed by atoms with Crippen LogP contribution in [0, 0.1) is 0 Å². The predicted octanol–water partition coefficient (Wildman–Crippen LogP) is 0.629. The first kappa shape index (κ1) is 16.4. The lowest BCUT2D eigenvalue weighted by atomic mass is 10.2. The maximum absolute atomic E-state index is 11.7. The van der Waals surface area contributed by atoms with Crippen LogP contribution in [0.25, 0.3) is 0 Å². The van der Waals surface area contributed by atoms with Gasteiger partial charge in [0.05, 0.1) is 5.69 Å². The van der Waals surface area contributed by atoms with Crippen LogP contribution < -0.4 is 20.5 Å². The van der Waals surface area contributed by atoms with Crippen LogP contribution in [0.1, 0.15) is 20.3 Å². The average molecular weight is 300 g/mol. The highest BCUT2D eigenvalue weighted by molar-refractivity contribution is 7.90. The molecule has 1 amide bonds. The van der Waals surface area contributed by atoms with Crippen molar-refractivity contribution in [2.75, 3.05) is 16.6 Å². The molecule has 1 rings (SSSR count). The van der Waals surface area contributed by atoms with Gasteiger partial charge in [0, 0.05) is 24.7 Å². The Bertz CT molecular complexity index is 558. The Kier molecular flexibility index (Phi) is 5.93. The zero-order valence-corrected chi connectivity index (χ0v) is 12.3. The van der Waals surface area contributed by atoms with Gasteiger partial charge in [-0.05, 0) is 18.2 Å². The molecule has 0 saturated heterocycles. The number of hydrogen-bond donors (Lipinski definition) is 4. The first-order chi connectivity index (χ1) is 9.26. The van der Waals surface area contributed by atoms with Crippen molar-refractivity contribution in [3.63, 3.8) is 0 Å². The summed E-state index contributed by atoms with van der Waals surface area (Å²) in [7, 11) is -3.82. The zero-order valence-electron chi connectivity index (χ0n) is 11.5. The number of nitrogens with one attached hydrogen (secondary N) is 3. The number of carbonyl (C=O) groups is 1. The minimum Gasteiger partial charge on any atom is -0.326 e. The Morgan fingerprint density at radius 2 is 1.95 bits per heavy atom. The van der Waals surface area contributed by atoms with Gasteiger partial charge in [0.2, 0.25) is 5.91 Å². The molecule has 0 atom stereocenters. The Hall–Kier alpha value is -1.64. The van der Waals surface area contributed by atoms with Crippen molar-refractivity contribution in [1.82, 2.24) is 5.32 Å². The topological polar surface area (TPSA) is 113 Å². The van der Waals surface area contributed by atoms with E-state index in [0.29, 0.717) is 30.4 Å². The summed E-state index contributed by atoms with van der Waals surface area (Å²) in [5, 5.41) is 10.7. The summed E-state index contributed by atoms with van der Waals surface area (Å²) in [4.78, 5) is 11.7. The minimum absolute atomic E-state index is 0.147. The van der Waals surface area contributed by atoms with Crippen molar-refractivity contribution >= 4 is 27.5 Å². The van der Waals surface area contributed by atoms with Crippen LogP contribution >= 0.6 is 0 Å². The summed E-state index contributed by atoms with van der Waals surface area (Å²) < 4.78 is 24.0. The number of carbonyl (C=O) groups excluding carboxylic acids is 1. The van der Waals surface area contributed by atoms with E-state index >= 15 is 0 Å². The summed E-state index contributed by atoms with van der Waals surface area (Å²) in [5.41, 5.74) is 0.804. The maximum atomic E-state index is 11.7. The van der Waals surface area contributed by atoms with Crippen LogP contribution in [-0.2, 0) is 15.0 Å². The normalized spacial score (nSPS) is 11.4. The molecular weight excluding hydrogens is 280 g/mol. The Morgan fingerprint density at radius 3 is 2.55 bits per heavy atom. The Balaban J connectivity index is 2.55. The van der Waals surface area contributed by atoms with E-state index in [1.807, 2.05) is 13.8 Å². The number of rotatable bonds is 7. The minimum atomic E-state index is -3.82. The molecule has 0 saturated carbocycles. The third-order valence-electron chi connectivity index (χ3n) is 2.31. The largest absolute Gasteiger partial charge is 0.326 e. The van der Waals surface area contributed by atoms with E-state index in [1.165, 1.54) is 6.07 Å². The number of amides is 1. The van der Waals surface area contributed by atoms with Gasteiger partial charge in [0.15, 0.2) is 0 Å². The number of benzene rings is 1. The third kappa shape index (κ3) is 7.07. The van der Waals surface area contributed by atoms with E-state index in [1.54, 1.807) is 18.2 Å². The lowest BCUT2D eigenvalue weighted by Crippen LogP contribution is -2.27. The van der Waals surface area contributed by atoms with Gasteiger partial charge in [-0.3, -0.25) is 9.52 Å². The van der Waals surface area contributed by atoms with E-state index < -0.39 is 10.2 Å². The van der Waals surface area contributed by atoms with Gasteiger partial charge < -0.3 is 10.6 Å². The molecule has 8 heteroatoms. The molecule has 7 nitrogen and oxygen atoms in total. The van der Waals surface area contributed by atoms with Crippen molar-refractivity contribution < 1.29 is 13.2 Å². The second-order valence-electron chi connectivity index (χ2n) is 4.63. The van der Waals surface area contributed by atoms with Crippen LogP contribution in [-0.4, -0.2) is 26.9 Å². The van der Waals surface area contributed by atoms with Crippen LogP contribution in [0.4, 0.5) is 11.4 Å². The smallest absolute Gasteiger partial charge is 0.296 e. The lowest BCUT2D eigenvalue weighted by molar-refractivity contribution is -0.116. The Morgan fingerprint density at radius 1 is 1.30 bits per heavy atom. The van der Waals surface area contributed by atoms with Gasteiger partial charge in [-0.15, -0.1) is 0 Å². The zero-order chi connectivity index (χ0) is 15.2. The molecule has 112 valence electrons. The maximum Gasteiger partial charge on any atom is 0.296 e. The van der Waals surface area contributed by atoms with Crippen molar-refractivity contribution in [3.8, 4) is 0 Å². The van der Waals surface area contributed by atoms with Crippen LogP contribution in [0.2, 0.25) is 0 Å². The van der Waals surface area contributed by atoms with Gasteiger partial charge in [0.1, 0.15) is 0 Å². The average Bonchev–Trinajstić information content (AvgIpc) is 2.26. The molecule has 0 spiro atoms. The molecule has 1 aromatic carbocycles. The highest BCUT2D eigenvalue weighted by Crippen LogP contribution is 2.15. The summed E-state index contributed by atoms with van der Waals surface area (Å²) in [5.74, 6) is -0.147. The van der Waals surface area contributed by atoms with Gasteiger partial charge in [-0.1, -0.05) is 19.9 Å². The van der Waals surface area contributed by atoms with Crippen LogP contribution in [0.5, 0.6) is 0 Å². The molecule has 0 unspecified atom stereocenters. The van der Waals surface area contributed by atoms with E-state index in [4.69, 9.17) is 5.14 Å². The number of hydrogen-bond acceptors (Lipinski definition) is 4. The second kappa shape index (κ2) is 7.22. The first-order valence-electron chi connectivity index (χ1n) is 6.20. The van der Waals surface area contributed by atoms with E-state index in [0.717, 1.165) is 0 Å². The van der Waals surface area contributed by atoms with E-state index in [9.17, 15) is 13.2 Å². The molecule has 0 radical (unpaired) electrons. The molecule has 0 aromatic heterocycles. The summed E-state index contributed by atoms with van der Waals surface area (Å²) >= 11 is 0. The van der Waals surface area contributed by atoms with Gasteiger partial charge in [0.25, 0.3) is 10.2 Å². The van der Waals surface area contributed by atoms with E-state index in [2.05, 4.69) is 15.4 Å². The molecule has 0 fully saturated rings. The molecule has 0 aliphatic carbocycles. The van der Waals surface area contributed by atoms with Crippen LogP contribution in [0.3, 0.4) is 0 Å². The van der Waals surface area contributed by atoms with Gasteiger partial charge >= 0.3 is 0 Å². The summed E-state index contributed by atoms with van der Waals surface area (Å²) in [6, 6.07) is 6.65. The molecule has 0 aliphatic heterocycles. The first-order valence-corrected chi connectivity index (χ1v) is 7.75. The molecule has 0 heterocycles. The van der Waals surface area contributed by atoms with E-state index in [-0.39, 0.29) is 5.91 Å². The molecule has 0 aliphatic rings. The van der Waals surface area contributed by atoms with Gasteiger partial charge in [-0.25, -0.2) is 5.14 Å². The van der Waals surface area contributed by atoms with Crippen molar-refractivity contribution in [3.05, 3.63) is 24.3 Å². The van der Waals surface area contributed by atoms with Crippen LogP contribution in [0.15, 0.2) is 24.3 Å². The molecule has 1 aromatic rings. The summed E-state index contributed by atoms with van der Waals surface area (Å²) in [6.07, 6.45) is 0.338. The quantitative estimate of drug-likeness (QED) is 0.591. The highest BCUT2D eigenvalue weighted by atomic mass is 32.2.